The number of nitrogens with one attached hydrogen (secondary N) is 5. The second-order valence-corrected chi connectivity index (χ2v) is 20.5. The fraction of sp³-hybridized carbons (Fsp3) is 1.00. The molecule has 12 aliphatic rings. The average molecular weight is 666 g/mol. The molecule has 12 rings (SSSR count). The minimum absolute atomic E-state index is 0.584. The van der Waals surface area contributed by atoms with Gasteiger partial charge in [-0.1, -0.05) is 40.0 Å². The zero-order chi connectivity index (χ0) is 33.0. The van der Waals surface area contributed by atoms with Crippen molar-refractivity contribution in [3.63, 3.8) is 0 Å². The lowest BCUT2D eigenvalue weighted by Gasteiger charge is -2.39. The number of hydrogen-bond acceptors (Lipinski definition) is 5. The van der Waals surface area contributed by atoms with E-state index in [1.807, 2.05) is 0 Å². The average Bonchev–Trinajstić information content (AvgIpc) is 3.63. The van der Waals surface area contributed by atoms with Crippen molar-refractivity contribution in [2.75, 3.05) is 32.7 Å². The number of piperidine rings is 3. The molecule has 0 aromatic carbocycles. The van der Waals surface area contributed by atoms with Gasteiger partial charge in [-0.15, -0.1) is 0 Å². The van der Waals surface area contributed by atoms with Gasteiger partial charge in [0.1, 0.15) is 0 Å². The van der Waals surface area contributed by atoms with Crippen molar-refractivity contribution in [3.8, 4) is 0 Å². The van der Waals surface area contributed by atoms with Crippen molar-refractivity contribution in [2.24, 2.45) is 46.3 Å². The molecule has 0 spiro atoms. The molecule has 5 aliphatic carbocycles. The molecule has 7 heterocycles. The maximum absolute atomic E-state index is 3.70. The monoisotopic (exact) mass is 666 g/mol. The van der Waals surface area contributed by atoms with Crippen LogP contribution in [0, 0.1) is 46.3 Å². The number of rotatable bonds is 0. The lowest BCUT2D eigenvalue weighted by atomic mass is 9.65. The van der Waals surface area contributed by atoms with Crippen LogP contribution in [0.2, 0.25) is 0 Å². The largest absolute Gasteiger partial charge is 0.316 e. The highest BCUT2D eigenvalue weighted by molar-refractivity contribution is 5.00. The van der Waals surface area contributed by atoms with E-state index in [0.717, 1.165) is 65.7 Å². The molecule has 5 nitrogen and oxygen atoms in total. The van der Waals surface area contributed by atoms with Gasteiger partial charge in [0.25, 0.3) is 0 Å². The molecule has 7 saturated heterocycles. The maximum atomic E-state index is 3.70. The van der Waals surface area contributed by atoms with E-state index in [4.69, 9.17) is 0 Å². The summed E-state index contributed by atoms with van der Waals surface area (Å²) in [4.78, 5) is 0. The summed E-state index contributed by atoms with van der Waals surface area (Å²) in [5.41, 5.74) is 1.20. The van der Waals surface area contributed by atoms with E-state index >= 15 is 0 Å². The SMILES string of the molecule is C1CC2CCC(C1)N2.C1CC2CNCC1C2.C1CCC2NCCCC2C1.C1NC2CC3CC1CC(C3)C2.CC1(C)CC2CC(C)(CN2)C1. The van der Waals surface area contributed by atoms with Crippen molar-refractivity contribution >= 4 is 0 Å². The Kier molecular flexibility index (Phi) is 12.5. The topological polar surface area (TPSA) is 60.1 Å². The lowest BCUT2D eigenvalue weighted by Crippen LogP contribution is -2.42. The highest BCUT2D eigenvalue weighted by Crippen LogP contribution is 2.49. The second kappa shape index (κ2) is 16.6. The Hall–Kier alpha value is -0.200. The zero-order valence-electron chi connectivity index (χ0n) is 31.9. The number of hydrogen-bond donors (Lipinski definition) is 5. The van der Waals surface area contributed by atoms with Crippen LogP contribution in [0.4, 0.5) is 0 Å². The molecule has 0 aromatic heterocycles. The molecular formula is C43H79N5. The fourth-order valence-electron chi connectivity index (χ4n) is 13.4. The zero-order valence-corrected chi connectivity index (χ0v) is 31.9. The van der Waals surface area contributed by atoms with Crippen molar-refractivity contribution in [3.05, 3.63) is 0 Å². The minimum atomic E-state index is 0.584. The quantitative estimate of drug-likeness (QED) is 0.181. The Balaban J connectivity index is 0.0000000955. The lowest BCUT2D eigenvalue weighted by molar-refractivity contribution is 0.135. The summed E-state index contributed by atoms with van der Waals surface area (Å²) in [6, 6.07) is 4.46. The van der Waals surface area contributed by atoms with E-state index in [1.165, 1.54) is 155 Å². The van der Waals surface area contributed by atoms with Gasteiger partial charge in [-0.25, -0.2) is 0 Å². The summed E-state index contributed by atoms with van der Waals surface area (Å²) in [5.74, 6) is 6.40. The third-order valence-corrected chi connectivity index (χ3v) is 15.2. The number of fused-ring (bicyclic) bond motifs is 8. The standard InChI is InChI=1S/C10H17N.C10H19N.C9H17N.2C7H13N/c1-7-2-9-3-8(1)5-10(4-7)11-6-9;1-9(2)4-8-5-10(3,6-9)7-11-8;1-2-6-9-8(4-1)5-3-7-10-9;1-2-7-3-6(1)4-8-5-7;1-2-6-4-5-7(3-1)8-6/h7-11H,1-6H2;8,11H,4-7H2,1-3H3;8-10H,1-7H2;2*6-8H,1-5H2. The van der Waals surface area contributed by atoms with Crippen LogP contribution in [0.1, 0.15) is 162 Å². The van der Waals surface area contributed by atoms with Crippen LogP contribution in [-0.4, -0.2) is 62.9 Å². The van der Waals surface area contributed by atoms with Gasteiger partial charge in [-0.2, -0.15) is 0 Å². The van der Waals surface area contributed by atoms with Crippen LogP contribution in [0.5, 0.6) is 0 Å². The maximum Gasteiger partial charge on any atom is 0.00953 e. The predicted octanol–water partition coefficient (Wildman–Crippen LogP) is 8.18. The Labute approximate surface area is 297 Å². The van der Waals surface area contributed by atoms with E-state index in [9.17, 15) is 0 Å². The van der Waals surface area contributed by atoms with Gasteiger partial charge in [0.05, 0.1) is 0 Å². The van der Waals surface area contributed by atoms with Gasteiger partial charge in [-0.3, -0.25) is 0 Å². The third kappa shape index (κ3) is 10.2. The molecular weight excluding hydrogens is 587 g/mol. The summed E-state index contributed by atoms with van der Waals surface area (Å²) in [6.45, 7) is 13.7. The molecule has 5 N–H and O–H groups in total. The second-order valence-electron chi connectivity index (χ2n) is 20.5. The van der Waals surface area contributed by atoms with Crippen molar-refractivity contribution in [1.29, 1.82) is 0 Å². The van der Waals surface area contributed by atoms with Crippen molar-refractivity contribution in [1.82, 2.24) is 26.6 Å². The molecule has 10 atom stereocenters. The molecule has 7 aliphatic heterocycles. The predicted molar refractivity (Wildman–Crippen MR) is 203 cm³/mol. The van der Waals surface area contributed by atoms with E-state index in [-0.39, 0.29) is 0 Å². The van der Waals surface area contributed by atoms with Crippen molar-refractivity contribution < 1.29 is 0 Å². The summed E-state index contributed by atoms with van der Waals surface area (Å²) in [5, 5.41) is 18.0. The minimum Gasteiger partial charge on any atom is -0.316 e. The van der Waals surface area contributed by atoms with Crippen LogP contribution in [-0.2, 0) is 0 Å². The molecule has 276 valence electrons. The Bertz CT molecular complexity index is 872. The molecule has 5 heteroatoms. The van der Waals surface area contributed by atoms with E-state index in [2.05, 4.69) is 47.4 Å². The highest BCUT2D eigenvalue weighted by Gasteiger charge is 2.45. The summed E-state index contributed by atoms with van der Waals surface area (Å²) < 4.78 is 0. The van der Waals surface area contributed by atoms with E-state index < -0.39 is 0 Å². The van der Waals surface area contributed by atoms with E-state index in [1.54, 1.807) is 19.3 Å². The third-order valence-electron chi connectivity index (χ3n) is 15.2. The Morgan fingerprint density at radius 1 is 0.479 bits per heavy atom. The molecule has 48 heavy (non-hydrogen) atoms. The van der Waals surface area contributed by atoms with Crippen LogP contribution in [0.3, 0.4) is 0 Å². The van der Waals surface area contributed by atoms with Crippen molar-refractivity contribution in [2.45, 2.75) is 192 Å². The van der Waals surface area contributed by atoms with Gasteiger partial charge < -0.3 is 26.6 Å². The Morgan fingerprint density at radius 2 is 1.15 bits per heavy atom. The Morgan fingerprint density at radius 3 is 1.81 bits per heavy atom. The molecule has 10 unspecified atom stereocenters. The first kappa shape index (κ1) is 36.2. The van der Waals surface area contributed by atoms with Gasteiger partial charge in [0.2, 0.25) is 0 Å². The van der Waals surface area contributed by atoms with Crippen LogP contribution in [0.15, 0.2) is 0 Å². The molecule has 0 radical (unpaired) electrons. The van der Waals surface area contributed by atoms with Crippen LogP contribution in [0.25, 0.3) is 0 Å². The summed E-state index contributed by atoms with van der Waals surface area (Å²) in [7, 11) is 0. The summed E-state index contributed by atoms with van der Waals surface area (Å²) >= 11 is 0. The smallest absolute Gasteiger partial charge is 0.00953 e. The molecule has 5 saturated carbocycles. The van der Waals surface area contributed by atoms with Gasteiger partial charge in [0, 0.05) is 36.8 Å². The van der Waals surface area contributed by atoms with Gasteiger partial charge >= 0.3 is 0 Å². The van der Waals surface area contributed by atoms with Gasteiger partial charge in [0.15, 0.2) is 0 Å². The van der Waals surface area contributed by atoms with Gasteiger partial charge in [-0.05, 0) is 195 Å². The first-order valence-corrected chi connectivity index (χ1v) is 21.9. The molecule has 0 amide bonds. The fourth-order valence-corrected chi connectivity index (χ4v) is 13.4. The molecule has 0 aromatic rings. The first-order valence-electron chi connectivity index (χ1n) is 21.9. The molecule has 12 fully saturated rings. The summed E-state index contributed by atoms with van der Waals surface area (Å²) in [6.07, 6.45) is 32.4. The normalized spacial score (nSPS) is 46.9. The van der Waals surface area contributed by atoms with Crippen LogP contribution >= 0.6 is 0 Å². The molecule has 10 bridgehead atoms. The van der Waals surface area contributed by atoms with E-state index in [0.29, 0.717) is 10.8 Å². The van der Waals surface area contributed by atoms with Crippen LogP contribution < -0.4 is 26.6 Å². The highest BCUT2D eigenvalue weighted by atomic mass is 15.0. The first-order chi connectivity index (χ1) is 23.3.